The maximum atomic E-state index is 6.22. The molecule has 1 aromatic rings. The first-order valence-electron chi connectivity index (χ1n) is 4.63. The molecular weight excluding hydrogens is 277 g/mol. The number of aryl methyl sites for hydroxylation is 1. The van der Waals surface area contributed by atoms with Gasteiger partial charge in [0.1, 0.15) is 5.75 Å². The summed E-state index contributed by atoms with van der Waals surface area (Å²) in [7, 11) is 3.67. The van der Waals surface area contributed by atoms with Crippen LogP contribution in [-0.4, -0.2) is 19.6 Å². The highest BCUT2D eigenvalue weighted by Gasteiger charge is 2.15. The molecule has 0 aromatic heterocycles. The maximum absolute atomic E-state index is 6.22. The van der Waals surface area contributed by atoms with Crippen molar-refractivity contribution >= 4 is 33.2 Å². The van der Waals surface area contributed by atoms with Gasteiger partial charge in [-0.3, -0.25) is 0 Å². The topological polar surface area (TPSA) is 12.5 Å². The van der Waals surface area contributed by atoms with E-state index in [4.69, 9.17) is 16.3 Å². The number of benzene rings is 1. The Morgan fingerprint density at radius 2 is 2.07 bits per heavy atom. The summed E-state index contributed by atoms with van der Waals surface area (Å²) in [6.45, 7) is 3.99. The van der Waals surface area contributed by atoms with Crippen molar-refractivity contribution < 1.29 is 4.74 Å². The Morgan fingerprint density at radius 1 is 1.47 bits per heavy atom. The molecule has 2 nitrogen and oxygen atoms in total. The van der Waals surface area contributed by atoms with Crippen molar-refractivity contribution in [3.05, 3.63) is 22.2 Å². The molecule has 0 atom stereocenters. The lowest BCUT2D eigenvalue weighted by molar-refractivity contribution is 0.414. The third kappa shape index (κ3) is 2.40. The van der Waals surface area contributed by atoms with Crippen LogP contribution in [0.3, 0.4) is 0 Å². The minimum atomic E-state index is 0.740. The predicted octanol–water partition coefficient (Wildman–Crippen LogP) is 3.75. The van der Waals surface area contributed by atoms with Gasteiger partial charge in [0.15, 0.2) is 0 Å². The number of hydrogen-bond donors (Lipinski definition) is 0. The first-order chi connectivity index (χ1) is 7.02. The molecule has 0 aliphatic rings. The van der Waals surface area contributed by atoms with Gasteiger partial charge in [-0.2, -0.15) is 0 Å². The second-order valence-corrected chi connectivity index (χ2v) is 4.38. The number of rotatable bonds is 3. The zero-order valence-electron chi connectivity index (χ0n) is 9.40. The number of nitrogens with zero attached hydrogens (tertiary/aromatic N) is 1. The molecule has 0 aliphatic carbocycles. The Kier molecular flexibility index (Phi) is 4.29. The van der Waals surface area contributed by atoms with Crippen LogP contribution in [0.2, 0.25) is 5.02 Å². The van der Waals surface area contributed by atoms with Crippen LogP contribution in [0.15, 0.2) is 6.07 Å². The Hall–Kier alpha value is -0.410. The van der Waals surface area contributed by atoms with E-state index in [-0.39, 0.29) is 0 Å². The van der Waals surface area contributed by atoms with Gasteiger partial charge >= 0.3 is 0 Å². The highest BCUT2D eigenvalue weighted by molar-refractivity contribution is 9.09. The fourth-order valence-electron chi connectivity index (χ4n) is 1.60. The smallest absolute Gasteiger partial charge is 0.142 e. The summed E-state index contributed by atoms with van der Waals surface area (Å²) in [6.07, 6.45) is 0. The zero-order chi connectivity index (χ0) is 11.6. The number of methoxy groups -OCH3 is 1. The first kappa shape index (κ1) is 12.7. The third-order valence-electron chi connectivity index (χ3n) is 2.39. The molecule has 4 heteroatoms. The fraction of sp³-hybridized carbons (Fsp3) is 0.455. The van der Waals surface area contributed by atoms with E-state index in [1.807, 2.05) is 27.0 Å². The normalized spacial score (nSPS) is 10.3. The van der Waals surface area contributed by atoms with E-state index in [1.54, 1.807) is 7.11 Å². The molecule has 0 bridgehead atoms. The van der Waals surface area contributed by atoms with E-state index in [1.165, 1.54) is 0 Å². The minimum absolute atomic E-state index is 0.740. The largest absolute Gasteiger partial charge is 0.495 e. The highest BCUT2D eigenvalue weighted by Crippen LogP contribution is 2.38. The molecule has 1 aromatic carbocycles. The Bertz CT molecular complexity index is 368. The van der Waals surface area contributed by atoms with Gasteiger partial charge in [0, 0.05) is 12.1 Å². The van der Waals surface area contributed by atoms with Crippen LogP contribution in [0.1, 0.15) is 11.1 Å². The summed E-state index contributed by atoms with van der Waals surface area (Å²) in [6, 6.07) is 1.96. The van der Waals surface area contributed by atoms with Crippen LogP contribution in [0.4, 0.5) is 5.69 Å². The van der Waals surface area contributed by atoms with Gasteiger partial charge in [-0.15, -0.1) is 0 Å². The monoisotopic (exact) mass is 291 g/mol. The van der Waals surface area contributed by atoms with Gasteiger partial charge in [0.2, 0.25) is 0 Å². The van der Waals surface area contributed by atoms with Gasteiger partial charge < -0.3 is 9.64 Å². The number of halogens is 2. The summed E-state index contributed by atoms with van der Waals surface area (Å²) in [5.41, 5.74) is 3.86. The molecule has 0 unspecified atom stereocenters. The fourth-order valence-corrected chi connectivity index (χ4v) is 2.00. The Balaban J connectivity index is 3.40. The molecule has 1 rings (SSSR count). The summed E-state index contributed by atoms with van der Waals surface area (Å²) in [5, 5.41) is 0.804. The van der Waals surface area contributed by atoms with Crippen LogP contribution in [0.5, 0.6) is 5.75 Å². The third-order valence-corrected chi connectivity index (χ3v) is 3.73. The average Bonchev–Trinajstić information content (AvgIpc) is 2.24. The SMILES string of the molecule is COc1cc(C)c(Cl)c(C)c1N(C)CBr. The summed E-state index contributed by atoms with van der Waals surface area (Å²) in [5.74, 6) is 0.858. The molecule has 0 amide bonds. The molecule has 0 N–H and O–H groups in total. The molecule has 0 spiro atoms. The first-order valence-corrected chi connectivity index (χ1v) is 6.13. The van der Waals surface area contributed by atoms with Gasteiger partial charge in [0.25, 0.3) is 0 Å². The van der Waals surface area contributed by atoms with Crippen LogP contribution >= 0.6 is 27.5 Å². The number of ether oxygens (including phenoxy) is 1. The van der Waals surface area contributed by atoms with E-state index in [2.05, 4.69) is 20.8 Å². The molecule has 84 valence electrons. The Labute approximate surface area is 104 Å². The highest BCUT2D eigenvalue weighted by atomic mass is 79.9. The van der Waals surface area contributed by atoms with Gasteiger partial charge in [0.05, 0.1) is 18.3 Å². The van der Waals surface area contributed by atoms with Gasteiger partial charge in [-0.05, 0) is 31.0 Å². The van der Waals surface area contributed by atoms with E-state index >= 15 is 0 Å². The van der Waals surface area contributed by atoms with Crippen molar-refractivity contribution in [2.24, 2.45) is 0 Å². The number of anilines is 1. The number of hydrogen-bond acceptors (Lipinski definition) is 2. The van der Waals surface area contributed by atoms with E-state index < -0.39 is 0 Å². The standard InChI is InChI=1S/C11H15BrClNO/c1-7-5-9(15-4)11(14(3)6-12)8(2)10(7)13/h5H,6H2,1-4H3. The molecule has 15 heavy (non-hydrogen) atoms. The quantitative estimate of drug-likeness (QED) is 0.621. The molecule has 0 saturated heterocycles. The average molecular weight is 293 g/mol. The van der Waals surface area contributed by atoms with E-state index in [0.717, 1.165) is 33.0 Å². The molecular formula is C11H15BrClNO. The van der Waals surface area contributed by atoms with E-state index in [9.17, 15) is 0 Å². The van der Waals surface area contributed by atoms with Crippen molar-refractivity contribution in [2.45, 2.75) is 13.8 Å². The zero-order valence-corrected chi connectivity index (χ0v) is 11.7. The lowest BCUT2D eigenvalue weighted by Crippen LogP contribution is -2.16. The van der Waals surface area contributed by atoms with Crippen molar-refractivity contribution in [1.82, 2.24) is 0 Å². The predicted molar refractivity (Wildman–Crippen MR) is 69.7 cm³/mol. The van der Waals surface area contributed by atoms with Crippen molar-refractivity contribution in [2.75, 3.05) is 24.5 Å². The lowest BCUT2D eigenvalue weighted by atomic mass is 10.1. The second-order valence-electron chi connectivity index (χ2n) is 3.50. The molecule has 0 radical (unpaired) electrons. The van der Waals surface area contributed by atoms with Crippen LogP contribution < -0.4 is 9.64 Å². The molecule has 0 heterocycles. The Morgan fingerprint density at radius 3 is 2.53 bits per heavy atom. The minimum Gasteiger partial charge on any atom is -0.495 e. The van der Waals surface area contributed by atoms with Crippen molar-refractivity contribution in [3.63, 3.8) is 0 Å². The van der Waals surface area contributed by atoms with Crippen LogP contribution in [0, 0.1) is 13.8 Å². The van der Waals surface area contributed by atoms with Crippen molar-refractivity contribution in [1.29, 1.82) is 0 Å². The molecule has 0 fully saturated rings. The lowest BCUT2D eigenvalue weighted by Gasteiger charge is -2.23. The molecule has 0 saturated carbocycles. The second kappa shape index (κ2) is 5.08. The van der Waals surface area contributed by atoms with Crippen LogP contribution in [-0.2, 0) is 0 Å². The molecule has 0 aliphatic heterocycles. The summed E-state index contributed by atoms with van der Waals surface area (Å²) < 4.78 is 5.36. The van der Waals surface area contributed by atoms with Crippen molar-refractivity contribution in [3.8, 4) is 5.75 Å². The maximum Gasteiger partial charge on any atom is 0.142 e. The summed E-state index contributed by atoms with van der Waals surface area (Å²) >= 11 is 9.63. The van der Waals surface area contributed by atoms with E-state index in [0.29, 0.717) is 0 Å². The number of alkyl halides is 1. The van der Waals surface area contributed by atoms with Gasteiger partial charge in [-0.1, -0.05) is 27.5 Å². The summed E-state index contributed by atoms with van der Waals surface area (Å²) in [4.78, 5) is 2.06. The van der Waals surface area contributed by atoms with Crippen LogP contribution in [0.25, 0.3) is 0 Å². The van der Waals surface area contributed by atoms with Gasteiger partial charge in [-0.25, -0.2) is 0 Å².